The summed E-state index contributed by atoms with van der Waals surface area (Å²) in [5, 5.41) is 3.41. The highest BCUT2D eigenvalue weighted by molar-refractivity contribution is 7.98. The van der Waals surface area contributed by atoms with E-state index >= 15 is 0 Å². The van der Waals surface area contributed by atoms with Crippen LogP contribution in [0.25, 0.3) is 0 Å². The largest absolute Gasteiger partial charge is 0.464 e. The Balaban J connectivity index is 2.39. The molecule has 0 bridgehead atoms. The van der Waals surface area contributed by atoms with Crippen molar-refractivity contribution in [3.8, 4) is 0 Å². The van der Waals surface area contributed by atoms with Crippen molar-refractivity contribution in [2.24, 2.45) is 0 Å². The van der Waals surface area contributed by atoms with Gasteiger partial charge in [-0.05, 0) is 38.7 Å². The average Bonchev–Trinajstić information content (AvgIpc) is 2.58. The molecule has 3 heteroatoms. The second kappa shape index (κ2) is 5.61. The maximum absolute atomic E-state index is 5.70. The minimum atomic E-state index is 0.144. The summed E-state index contributed by atoms with van der Waals surface area (Å²) < 4.78 is 5.70. The zero-order valence-electron chi connectivity index (χ0n) is 10.1. The summed E-state index contributed by atoms with van der Waals surface area (Å²) in [6, 6.07) is 4.13. The summed E-state index contributed by atoms with van der Waals surface area (Å²) in [6.45, 7) is 9.44. The average molecular weight is 227 g/mol. The minimum absolute atomic E-state index is 0.144. The van der Waals surface area contributed by atoms with Gasteiger partial charge in [-0.25, -0.2) is 0 Å². The van der Waals surface area contributed by atoms with E-state index < -0.39 is 0 Å². The number of thioether (sulfide) groups is 1. The zero-order chi connectivity index (χ0) is 11.3. The molecule has 0 aromatic carbocycles. The predicted octanol–water partition coefficient (Wildman–Crippen LogP) is 3.42. The van der Waals surface area contributed by atoms with Crippen molar-refractivity contribution in [1.82, 2.24) is 5.32 Å². The van der Waals surface area contributed by atoms with Crippen LogP contribution in [0.5, 0.6) is 0 Å². The maximum atomic E-state index is 5.70. The Bertz CT molecular complexity index is 288. The molecule has 1 aromatic heterocycles. The second-order valence-electron chi connectivity index (χ2n) is 4.61. The zero-order valence-corrected chi connectivity index (χ0v) is 10.9. The molecule has 1 N–H and O–H groups in total. The molecule has 0 amide bonds. The molecule has 0 atom stereocenters. The Morgan fingerprint density at radius 3 is 2.53 bits per heavy atom. The van der Waals surface area contributed by atoms with Gasteiger partial charge in [-0.2, -0.15) is 11.8 Å². The van der Waals surface area contributed by atoms with E-state index in [-0.39, 0.29) is 5.54 Å². The van der Waals surface area contributed by atoms with Gasteiger partial charge in [-0.1, -0.05) is 6.92 Å². The van der Waals surface area contributed by atoms with Crippen LogP contribution >= 0.6 is 11.8 Å². The summed E-state index contributed by atoms with van der Waals surface area (Å²) in [5.41, 5.74) is 0.144. The first-order chi connectivity index (χ1) is 7.01. The molecule has 0 fully saturated rings. The molecule has 0 spiro atoms. The number of furan rings is 1. The molecular weight excluding hydrogens is 206 g/mol. The van der Waals surface area contributed by atoms with E-state index in [2.05, 4.69) is 45.1 Å². The fraction of sp³-hybridized carbons (Fsp3) is 0.667. The van der Waals surface area contributed by atoms with E-state index in [1.807, 2.05) is 11.8 Å². The fourth-order valence-corrected chi connectivity index (χ4v) is 1.71. The first-order valence-corrected chi connectivity index (χ1v) is 6.57. The van der Waals surface area contributed by atoms with E-state index in [0.29, 0.717) is 0 Å². The van der Waals surface area contributed by atoms with Gasteiger partial charge in [0.1, 0.15) is 11.5 Å². The van der Waals surface area contributed by atoms with Crippen LogP contribution in [0.3, 0.4) is 0 Å². The smallest absolute Gasteiger partial charge is 0.118 e. The second-order valence-corrected chi connectivity index (χ2v) is 5.88. The number of hydrogen-bond acceptors (Lipinski definition) is 3. The molecule has 1 rings (SSSR count). The van der Waals surface area contributed by atoms with Gasteiger partial charge in [0.05, 0.1) is 12.3 Å². The van der Waals surface area contributed by atoms with E-state index in [4.69, 9.17) is 4.42 Å². The van der Waals surface area contributed by atoms with Crippen LogP contribution in [0.15, 0.2) is 16.5 Å². The fourth-order valence-electron chi connectivity index (χ4n) is 1.15. The quantitative estimate of drug-likeness (QED) is 0.834. The Morgan fingerprint density at radius 1 is 1.27 bits per heavy atom. The van der Waals surface area contributed by atoms with Crippen molar-refractivity contribution in [2.75, 3.05) is 5.75 Å². The van der Waals surface area contributed by atoms with Gasteiger partial charge in [0, 0.05) is 5.54 Å². The van der Waals surface area contributed by atoms with Gasteiger partial charge in [-0.15, -0.1) is 0 Å². The highest BCUT2D eigenvalue weighted by Gasteiger charge is 2.10. The Hall–Kier alpha value is -0.410. The Labute approximate surface area is 96.8 Å². The third-order valence-corrected chi connectivity index (χ3v) is 2.86. The van der Waals surface area contributed by atoms with Crippen LogP contribution < -0.4 is 5.32 Å². The van der Waals surface area contributed by atoms with Gasteiger partial charge >= 0.3 is 0 Å². The summed E-state index contributed by atoms with van der Waals surface area (Å²) in [5.74, 6) is 4.21. The van der Waals surface area contributed by atoms with Crippen LogP contribution in [-0.4, -0.2) is 11.3 Å². The minimum Gasteiger partial charge on any atom is -0.464 e. The van der Waals surface area contributed by atoms with Gasteiger partial charge in [-0.3, -0.25) is 0 Å². The van der Waals surface area contributed by atoms with Crippen molar-refractivity contribution in [2.45, 2.75) is 45.5 Å². The lowest BCUT2D eigenvalue weighted by Gasteiger charge is -2.19. The molecule has 15 heavy (non-hydrogen) atoms. The van der Waals surface area contributed by atoms with Crippen molar-refractivity contribution in [3.05, 3.63) is 23.7 Å². The van der Waals surface area contributed by atoms with E-state index in [1.165, 1.54) is 0 Å². The van der Waals surface area contributed by atoms with E-state index in [9.17, 15) is 0 Å². The molecule has 0 aliphatic carbocycles. The van der Waals surface area contributed by atoms with Crippen molar-refractivity contribution < 1.29 is 4.42 Å². The Kier molecular flexibility index (Phi) is 4.74. The van der Waals surface area contributed by atoms with Crippen LogP contribution in [0.2, 0.25) is 0 Å². The summed E-state index contributed by atoms with van der Waals surface area (Å²) in [4.78, 5) is 0. The molecule has 0 aliphatic rings. The molecule has 0 aliphatic heterocycles. The Morgan fingerprint density at radius 2 is 1.93 bits per heavy atom. The maximum Gasteiger partial charge on any atom is 0.118 e. The lowest BCUT2D eigenvalue weighted by Crippen LogP contribution is -2.34. The normalized spacial score (nSPS) is 12.0. The van der Waals surface area contributed by atoms with Crippen LogP contribution in [0.4, 0.5) is 0 Å². The van der Waals surface area contributed by atoms with E-state index in [1.54, 1.807) is 0 Å². The predicted molar refractivity (Wildman–Crippen MR) is 67.1 cm³/mol. The number of nitrogens with one attached hydrogen (secondary N) is 1. The SMILES string of the molecule is CCSCc1ccc(CNC(C)(C)C)o1. The molecule has 1 heterocycles. The third-order valence-electron chi connectivity index (χ3n) is 1.96. The summed E-state index contributed by atoms with van der Waals surface area (Å²) >= 11 is 1.88. The standard InChI is InChI=1S/C12H21NOS/c1-5-15-9-11-7-6-10(14-11)8-13-12(2,3)4/h6-7,13H,5,8-9H2,1-4H3. The van der Waals surface area contributed by atoms with Gasteiger partial charge in [0.15, 0.2) is 0 Å². The molecule has 1 aromatic rings. The number of rotatable bonds is 5. The first-order valence-electron chi connectivity index (χ1n) is 5.41. The van der Waals surface area contributed by atoms with E-state index in [0.717, 1.165) is 29.6 Å². The van der Waals surface area contributed by atoms with Crippen molar-refractivity contribution in [1.29, 1.82) is 0 Å². The highest BCUT2D eigenvalue weighted by Crippen LogP contribution is 2.15. The van der Waals surface area contributed by atoms with Crippen molar-refractivity contribution >= 4 is 11.8 Å². The first kappa shape index (κ1) is 12.7. The molecular formula is C12H21NOS. The molecule has 0 saturated carbocycles. The van der Waals surface area contributed by atoms with Crippen LogP contribution in [0, 0.1) is 0 Å². The van der Waals surface area contributed by atoms with Crippen LogP contribution in [0.1, 0.15) is 39.2 Å². The highest BCUT2D eigenvalue weighted by atomic mass is 32.2. The lowest BCUT2D eigenvalue weighted by molar-refractivity contribution is 0.382. The molecule has 2 nitrogen and oxygen atoms in total. The topological polar surface area (TPSA) is 25.2 Å². The number of hydrogen-bond donors (Lipinski definition) is 1. The third kappa shape index (κ3) is 5.28. The molecule has 0 saturated heterocycles. The van der Waals surface area contributed by atoms with Crippen LogP contribution in [-0.2, 0) is 12.3 Å². The molecule has 0 unspecified atom stereocenters. The molecule has 0 radical (unpaired) electrons. The van der Waals surface area contributed by atoms with Gasteiger partial charge in [0.25, 0.3) is 0 Å². The molecule has 86 valence electrons. The summed E-state index contributed by atoms with van der Waals surface area (Å²) in [6.07, 6.45) is 0. The lowest BCUT2D eigenvalue weighted by atomic mass is 10.1. The van der Waals surface area contributed by atoms with Crippen molar-refractivity contribution in [3.63, 3.8) is 0 Å². The van der Waals surface area contributed by atoms with Gasteiger partial charge < -0.3 is 9.73 Å². The van der Waals surface area contributed by atoms with Gasteiger partial charge in [0.2, 0.25) is 0 Å². The summed E-state index contributed by atoms with van der Waals surface area (Å²) in [7, 11) is 0. The monoisotopic (exact) mass is 227 g/mol.